The molecule has 1 heterocycles. The van der Waals surface area contributed by atoms with Crippen LogP contribution in [0, 0.1) is 0 Å². The summed E-state index contributed by atoms with van der Waals surface area (Å²) in [5, 5.41) is 4.39. The second-order valence-electron chi connectivity index (χ2n) is 4.21. The molecular formula is C15H12ClN3O. The molecule has 2 aromatic carbocycles. The van der Waals surface area contributed by atoms with E-state index >= 15 is 0 Å². The number of anilines is 2. The maximum Gasteiger partial charge on any atom is 0.224 e. The van der Waals surface area contributed by atoms with Gasteiger partial charge in [-0.05, 0) is 48.0 Å². The Hall–Kier alpha value is -2.33. The van der Waals surface area contributed by atoms with Crippen LogP contribution in [0.5, 0.6) is 5.75 Å². The maximum atomic E-state index is 5.96. The van der Waals surface area contributed by atoms with Crippen LogP contribution >= 0.6 is 11.6 Å². The average Bonchev–Trinajstić information content (AvgIpc) is 2.48. The zero-order chi connectivity index (χ0) is 13.9. The third-order valence-corrected chi connectivity index (χ3v) is 3.10. The van der Waals surface area contributed by atoms with E-state index in [4.69, 9.17) is 16.3 Å². The first kappa shape index (κ1) is 12.7. The summed E-state index contributed by atoms with van der Waals surface area (Å²) in [5.74, 6) is 1.49. The van der Waals surface area contributed by atoms with Crippen molar-refractivity contribution in [3.05, 3.63) is 53.8 Å². The van der Waals surface area contributed by atoms with Gasteiger partial charge in [-0.3, -0.25) is 0 Å². The fourth-order valence-electron chi connectivity index (χ4n) is 1.95. The zero-order valence-electron chi connectivity index (χ0n) is 10.8. The van der Waals surface area contributed by atoms with Crippen molar-refractivity contribution in [2.75, 3.05) is 12.4 Å². The number of hydrogen-bond donors (Lipinski definition) is 1. The SMILES string of the molecule is COc1ccc(Nc2nc(Cl)nc3ccccc23)cc1. The second-order valence-corrected chi connectivity index (χ2v) is 4.55. The van der Waals surface area contributed by atoms with Crippen molar-refractivity contribution in [1.29, 1.82) is 0 Å². The first-order valence-electron chi connectivity index (χ1n) is 6.09. The van der Waals surface area contributed by atoms with E-state index in [9.17, 15) is 0 Å². The van der Waals surface area contributed by atoms with Crippen molar-refractivity contribution in [3.63, 3.8) is 0 Å². The monoisotopic (exact) mass is 285 g/mol. The number of ether oxygens (including phenoxy) is 1. The molecule has 5 heteroatoms. The highest BCUT2D eigenvalue weighted by atomic mass is 35.5. The van der Waals surface area contributed by atoms with Crippen LogP contribution in [0.1, 0.15) is 0 Å². The quantitative estimate of drug-likeness (QED) is 0.738. The summed E-state index contributed by atoms with van der Waals surface area (Å²) in [7, 11) is 1.64. The van der Waals surface area contributed by atoms with Crippen molar-refractivity contribution in [3.8, 4) is 5.75 Å². The van der Waals surface area contributed by atoms with Crippen molar-refractivity contribution >= 4 is 34.0 Å². The molecule has 0 saturated carbocycles. The standard InChI is InChI=1S/C15H12ClN3O/c1-20-11-8-6-10(7-9-11)17-14-12-4-2-3-5-13(12)18-15(16)19-14/h2-9H,1H3,(H,17,18,19). The molecule has 3 aromatic rings. The molecule has 4 nitrogen and oxygen atoms in total. The number of nitrogens with zero attached hydrogens (tertiary/aromatic N) is 2. The molecule has 1 N–H and O–H groups in total. The third-order valence-electron chi connectivity index (χ3n) is 2.93. The number of benzene rings is 2. The minimum absolute atomic E-state index is 0.222. The van der Waals surface area contributed by atoms with Gasteiger partial charge in [0.25, 0.3) is 0 Å². The number of halogens is 1. The zero-order valence-corrected chi connectivity index (χ0v) is 11.6. The summed E-state index contributed by atoms with van der Waals surface area (Å²) in [6, 6.07) is 15.3. The number of methoxy groups -OCH3 is 1. The van der Waals surface area contributed by atoms with Gasteiger partial charge in [0, 0.05) is 11.1 Å². The Kier molecular flexibility index (Phi) is 3.39. The second kappa shape index (κ2) is 5.35. The number of fused-ring (bicyclic) bond motifs is 1. The summed E-state index contributed by atoms with van der Waals surface area (Å²) < 4.78 is 5.13. The van der Waals surface area contributed by atoms with Crippen molar-refractivity contribution in [1.82, 2.24) is 9.97 Å². The number of para-hydroxylation sites is 1. The average molecular weight is 286 g/mol. The van der Waals surface area contributed by atoms with Crippen LogP contribution in [-0.4, -0.2) is 17.1 Å². The summed E-state index contributed by atoms with van der Waals surface area (Å²) in [4.78, 5) is 8.45. The molecule has 0 bridgehead atoms. The maximum absolute atomic E-state index is 5.96. The highest BCUT2D eigenvalue weighted by molar-refractivity contribution is 6.28. The molecule has 20 heavy (non-hydrogen) atoms. The van der Waals surface area contributed by atoms with Crippen molar-refractivity contribution in [2.45, 2.75) is 0 Å². The van der Waals surface area contributed by atoms with Crippen LogP contribution in [0.15, 0.2) is 48.5 Å². The number of nitrogens with one attached hydrogen (secondary N) is 1. The Morgan fingerprint density at radius 2 is 1.75 bits per heavy atom. The molecule has 0 saturated heterocycles. The van der Waals surface area contributed by atoms with Gasteiger partial charge < -0.3 is 10.1 Å². The van der Waals surface area contributed by atoms with Crippen molar-refractivity contribution < 1.29 is 4.74 Å². The lowest BCUT2D eigenvalue weighted by Gasteiger charge is -2.09. The van der Waals surface area contributed by atoms with Gasteiger partial charge in [0.2, 0.25) is 5.28 Å². The molecule has 0 unspecified atom stereocenters. The van der Waals surface area contributed by atoms with Gasteiger partial charge in [0.15, 0.2) is 0 Å². The molecule has 3 rings (SSSR count). The molecule has 0 radical (unpaired) electrons. The highest BCUT2D eigenvalue weighted by Gasteiger charge is 2.06. The fraction of sp³-hybridized carbons (Fsp3) is 0.0667. The first-order valence-corrected chi connectivity index (χ1v) is 6.47. The van der Waals surface area contributed by atoms with Crippen LogP contribution in [0.4, 0.5) is 11.5 Å². The first-order chi connectivity index (χ1) is 9.76. The smallest absolute Gasteiger partial charge is 0.224 e. The largest absolute Gasteiger partial charge is 0.497 e. The molecular weight excluding hydrogens is 274 g/mol. The van der Waals surface area contributed by atoms with Crippen LogP contribution in [0.2, 0.25) is 5.28 Å². The van der Waals surface area contributed by atoms with Crippen LogP contribution in [0.25, 0.3) is 10.9 Å². The van der Waals surface area contributed by atoms with Crippen LogP contribution in [0.3, 0.4) is 0 Å². The summed E-state index contributed by atoms with van der Waals surface area (Å²) in [5.41, 5.74) is 1.72. The van der Waals surface area contributed by atoms with E-state index in [2.05, 4.69) is 15.3 Å². The summed E-state index contributed by atoms with van der Waals surface area (Å²) in [6.07, 6.45) is 0. The molecule has 0 aliphatic carbocycles. The van der Waals surface area contributed by atoms with E-state index in [0.29, 0.717) is 5.82 Å². The summed E-state index contributed by atoms with van der Waals surface area (Å²) >= 11 is 5.96. The van der Waals surface area contributed by atoms with Gasteiger partial charge >= 0.3 is 0 Å². The lowest BCUT2D eigenvalue weighted by atomic mass is 10.2. The van der Waals surface area contributed by atoms with Crippen LogP contribution < -0.4 is 10.1 Å². The molecule has 0 aliphatic heterocycles. The fourth-order valence-corrected chi connectivity index (χ4v) is 2.13. The molecule has 0 aliphatic rings. The lowest BCUT2D eigenvalue weighted by Crippen LogP contribution is -1.97. The van der Waals surface area contributed by atoms with Gasteiger partial charge in [-0.15, -0.1) is 0 Å². The predicted octanol–water partition coefficient (Wildman–Crippen LogP) is 4.04. The van der Waals surface area contributed by atoms with Gasteiger partial charge in [0.05, 0.1) is 12.6 Å². The van der Waals surface area contributed by atoms with Gasteiger partial charge in [-0.2, -0.15) is 4.98 Å². The summed E-state index contributed by atoms with van der Waals surface area (Å²) in [6.45, 7) is 0. The van der Waals surface area contributed by atoms with Crippen LogP contribution in [-0.2, 0) is 0 Å². The molecule has 1 aromatic heterocycles. The van der Waals surface area contributed by atoms with E-state index in [-0.39, 0.29) is 5.28 Å². The number of aromatic nitrogens is 2. The topological polar surface area (TPSA) is 47.0 Å². The van der Waals surface area contributed by atoms with Gasteiger partial charge in [0.1, 0.15) is 11.6 Å². The van der Waals surface area contributed by atoms with Crippen molar-refractivity contribution in [2.24, 2.45) is 0 Å². The minimum atomic E-state index is 0.222. The molecule has 0 spiro atoms. The lowest BCUT2D eigenvalue weighted by molar-refractivity contribution is 0.415. The third kappa shape index (κ3) is 2.51. The molecule has 0 amide bonds. The number of hydrogen-bond acceptors (Lipinski definition) is 4. The Balaban J connectivity index is 2.01. The van der Waals surface area contributed by atoms with E-state index < -0.39 is 0 Å². The Morgan fingerprint density at radius 1 is 1.00 bits per heavy atom. The number of rotatable bonds is 3. The molecule has 0 atom stereocenters. The van der Waals surface area contributed by atoms with Gasteiger partial charge in [-0.1, -0.05) is 12.1 Å². The minimum Gasteiger partial charge on any atom is -0.497 e. The Labute approximate surface area is 121 Å². The van der Waals surface area contributed by atoms with Gasteiger partial charge in [-0.25, -0.2) is 4.98 Å². The molecule has 0 fully saturated rings. The normalized spacial score (nSPS) is 10.5. The van der Waals surface area contributed by atoms with E-state index in [1.165, 1.54) is 0 Å². The highest BCUT2D eigenvalue weighted by Crippen LogP contribution is 2.25. The van der Waals surface area contributed by atoms with E-state index in [0.717, 1.165) is 22.3 Å². The van der Waals surface area contributed by atoms with E-state index in [1.54, 1.807) is 7.11 Å². The molecule has 100 valence electrons. The Bertz CT molecular complexity index is 744. The Morgan fingerprint density at radius 3 is 2.50 bits per heavy atom. The predicted molar refractivity (Wildman–Crippen MR) is 80.8 cm³/mol. The van der Waals surface area contributed by atoms with E-state index in [1.807, 2.05) is 48.5 Å².